The predicted octanol–water partition coefficient (Wildman–Crippen LogP) is 3.10. The van der Waals surface area contributed by atoms with Gasteiger partial charge in [0.05, 0.1) is 20.1 Å². The maximum absolute atomic E-state index is 12.3. The first-order valence-electron chi connectivity index (χ1n) is 11.1. The number of amides is 1. The van der Waals surface area contributed by atoms with Gasteiger partial charge in [-0.2, -0.15) is 0 Å². The lowest BCUT2D eigenvalue weighted by molar-refractivity contribution is -0.146. The third kappa shape index (κ3) is 5.93. The number of aryl methyl sites for hydroxylation is 1. The first-order chi connectivity index (χ1) is 17.4. The van der Waals surface area contributed by atoms with E-state index in [0.29, 0.717) is 16.5 Å². The first-order valence-corrected chi connectivity index (χ1v) is 12.0. The van der Waals surface area contributed by atoms with Crippen molar-refractivity contribution in [2.75, 3.05) is 31.0 Å². The minimum Gasteiger partial charge on any atom is -0.467 e. The number of esters is 1. The number of rotatable bonds is 9. The molecule has 4 rings (SSSR count). The standard InChI is InChI=1S/C25H26N6O4S/c1-15-4-6-17(7-5-15)31(2)21-9-8-18-23(30-21)36-25(28-18)29-20-12-16(10-11-26-20)13-22(33)27-19(14-32)24(34)35-3/h4-12,19,32H,13-14H2,1-3H3,(H,27,33)(H,26,28,29). The zero-order chi connectivity index (χ0) is 25.7. The summed E-state index contributed by atoms with van der Waals surface area (Å²) in [5, 5.41) is 15.5. The van der Waals surface area contributed by atoms with E-state index in [1.54, 1.807) is 18.3 Å². The maximum atomic E-state index is 12.3. The number of anilines is 4. The number of carbonyl (C=O) groups excluding carboxylic acids is 2. The smallest absolute Gasteiger partial charge is 0.330 e. The highest BCUT2D eigenvalue weighted by atomic mass is 32.1. The van der Waals surface area contributed by atoms with Gasteiger partial charge >= 0.3 is 5.97 Å². The third-order valence-corrected chi connectivity index (χ3v) is 6.31. The monoisotopic (exact) mass is 506 g/mol. The van der Waals surface area contributed by atoms with E-state index in [9.17, 15) is 14.7 Å². The van der Waals surface area contributed by atoms with Crippen molar-refractivity contribution in [3.05, 3.63) is 65.9 Å². The van der Waals surface area contributed by atoms with E-state index >= 15 is 0 Å². The number of aromatic nitrogens is 3. The fourth-order valence-electron chi connectivity index (χ4n) is 3.46. The van der Waals surface area contributed by atoms with Crippen LogP contribution < -0.4 is 15.5 Å². The molecule has 0 fully saturated rings. The topological polar surface area (TPSA) is 130 Å². The molecular weight excluding hydrogens is 480 g/mol. The van der Waals surface area contributed by atoms with Gasteiger partial charge in [-0.1, -0.05) is 29.0 Å². The van der Waals surface area contributed by atoms with E-state index < -0.39 is 24.5 Å². The number of pyridine rings is 2. The molecule has 11 heteroatoms. The molecule has 0 aliphatic rings. The molecule has 0 radical (unpaired) electrons. The molecule has 0 saturated heterocycles. The van der Waals surface area contributed by atoms with Gasteiger partial charge in [-0.3, -0.25) is 4.79 Å². The van der Waals surface area contributed by atoms with Crippen molar-refractivity contribution in [2.45, 2.75) is 19.4 Å². The van der Waals surface area contributed by atoms with Crippen LogP contribution in [0.5, 0.6) is 0 Å². The number of methoxy groups -OCH3 is 1. The molecule has 10 nitrogen and oxygen atoms in total. The quantitative estimate of drug-likeness (QED) is 0.293. The molecule has 0 bridgehead atoms. The molecule has 36 heavy (non-hydrogen) atoms. The van der Waals surface area contributed by atoms with Crippen molar-refractivity contribution < 1.29 is 19.4 Å². The van der Waals surface area contributed by atoms with Crippen molar-refractivity contribution in [1.82, 2.24) is 20.3 Å². The zero-order valence-corrected chi connectivity index (χ0v) is 20.9. The lowest BCUT2D eigenvalue weighted by atomic mass is 10.1. The number of aliphatic hydroxyl groups is 1. The minimum absolute atomic E-state index is 0.000793. The van der Waals surface area contributed by atoms with Gasteiger partial charge in [-0.25, -0.2) is 19.7 Å². The van der Waals surface area contributed by atoms with Gasteiger partial charge in [-0.05, 0) is 48.9 Å². The summed E-state index contributed by atoms with van der Waals surface area (Å²) < 4.78 is 4.56. The van der Waals surface area contributed by atoms with Gasteiger partial charge in [0.2, 0.25) is 5.91 Å². The van der Waals surface area contributed by atoms with Crippen molar-refractivity contribution in [3.8, 4) is 0 Å². The van der Waals surface area contributed by atoms with Crippen molar-refractivity contribution in [1.29, 1.82) is 0 Å². The molecule has 3 N–H and O–H groups in total. The fourth-order valence-corrected chi connectivity index (χ4v) is 4.30. The van der Waals surface area contributed by atoms with E-state index in [-0.39, 0.29) is 6.42 Å². The van der Waals surface area contributed by atoms with Gasteiger partial charge in [0.1, 0.15) is 22.0 Å². The van der Waals surface area contributed by atoms with Crippen LogP contribution in [0.15, 0.2) is 54.7 Å². The summed E-state index contributed by atoms with van der Waals surface area (Å²) in [6.45, 7) is 1.51. The maximum Gasteiger partial charge on any atom is 0.330 e. The number of ether oxygens (including phenoxy) is 1. The number of nitrogens with zero attached hydrogens (tertiary/aromatic N) is 4. The number of aliphatic hydroxyl groups excluding tert-OH is 1. The Hall–Kier alpha value is -4.09. The summed E-state index contributed by atoms with van der Waals surface area (Å²) in [6, 6.07) is 14.4. The number of carbonyl (C=O) groups is 2. The zero-order valence-electron chi connectivity index (χ0n) is 20.1. The van der Waals surface area contributed by atoms with Crippen LogP contribution in [0.4, 0.5) is 22.5 Å². The van der Waals surface area contributed by atoms with Gasteiger partial charge < -0.3 is 25.4 Å². The number of benzene rings is 1. The molecule has 1 unspecified atom stereocenters. The van der Waals surface area contributed by atoms with Crippen molar-refractivity contribution in [3.63, 3.8) is 0 Å². The summed E-state index contributed by atoms with van der Waals surface area (Å²) in [6.07, 6.45) is 1.58. The SMILES string of the molecule is COC(=O)C(CO)NC(=O)Cc1ccnc(Nc2nc3ccc(N(C)c4ccc(C)cc4)nc3s2)c1. The molecule has 0 aliphatic heterocycles. The molecular formula is C25H26N6O4S. The Kier molecular flexibility index (Phi) is 7.71. The lowest BCUT2D eigenvalue weighted by Crippen LogP contribution is -2.44. The largest absolute Gasteiger partial charge is 0.467 e. The van der Waals surface area contributed by atoms with Crippen LogP contribution in [0.2, 0.25) is 0 Å². The summed E-state index contributed by atoms with van der Waals surface area (Å²) in [5.74, 6) is 0.190. The second-order valence-electron chi connectivity index (χ2n) is 8.08. The number of hydrogen-bond donors (Lipinski definition) is 3. The molecule has 0 spiro atoms. The number of fused-ring (bicyclic) bond motifs is 1. The van der Waals surface area contributed by atoms with Crippen LogP contribution in [0.1, 0.15) is 11.1 Å². The molecule has 186 valence electrons. The first kappa shape index (κ1) is 25.0. The molecule has 3 aromatic heterocycles. The number of hydrogen-bond acceptors (Lipinski definition) is 10. The van der Waals surface area contributed by atoms with Gasteiger partial charge in [0.25, 0.3) is 0 Å². The van der Waals surface area contributed by atoms with E-state index in [0.717, 1.165) is 21.9 Å². The molecule has 4 aromatic rings. The normalized spacial score (nSPS) is 11.7. The minimum atomic E-state index is -1.10. The molecule has 1 amide bonds. The van der Waals surface area contributed by atoms with Crippen LogP contribution in [0.3, 0.4) is 0 Å². The molecule has 1 aromatic carbocycles. The van der Waals surface area contributed by atoms with Crippen molar-refractivity contribution in [2.24, 2.45) is 0 Å². The van der Waals surface area contributed by atoms with Crippen LogP contribution in [-0.4, -0.2) is 58.7 Å². The highest BCUT2D eigenvalue weighted by molar-refractivity contribution is 7.21. The Morgan fingerprint density at radius 2 is 1.92 bits per heavy atom. The summed E-state index contributed by atoms with van der Waals surface area (Å²) in [7, 11) is 3.16. The van der Waals surface area contributed by atoms with Crippen LogP contribution in [0, 0.1) is 6.92 Å². The van der Waals surface area contributed by atoms with E-state index in [1.807, 2.05) is 24.1 Å². The second kappa shape index (κ2) is 11.1. The van der Waals surface area contributed by atoms with Crippen LogP contribution >= 0.6 is 11.3 Å². The Balaban J connectivity index is 1.45. The summed E-state index contributed by atoms with van der Waals surface area (Å²) in [5.41, 5.74) is 3.67. The van der Waals surface area contributed by atoms with Crippen LogP contribution in [-0.2, 0) is 20.7 Å². The summed E-state index contributed by atoms with van der Waals surface area (Å²) >= 11 is 1.40. The molecule has 0 saturated carbocycles. The van der Waals surface area contributed by atoms with E-state index in [2.05, 4.69) is 56.5 Å². The van der Waals surface area contributed by atoms with E-state index in [4.69, 9.17) is 4.98 Å². The van der Waals surface area contributed by atoms with Crippen molar-refractivity contribution >= 4 is 56.0 Å². The average Bonchev–Trinajstić information content (AvgIpc) is 3.28. The Bertz CT molecular complexity index is 1370. The highest BCUT2D eigenvalue weighted by Gasteiger charge is 2.20. The molecule has 3 heterocycles. The molecule has 0 aliphatic carbocycles. The van der Waals surface area contributed by atoms with E-state index in [1.165, 1.54) is 24.0 Å². The average molecular weight is 507 g/mol. The Labute approximate surface area is 212 Å². The number of nitrogens with one attached hydrogen (secondary N) is 2. The van der Waals surface area contributed by atoms with Crippen LogP contribution in [0.25, 0.3) is 10.3 Å². The molecule has 1 atom stereocenters. The fraction of sp³-hybridized carbons (Fsp3) is 0.240. The van der Waals surface area contributed by atoms with Gasteiger partial charge in [-0.15, -0.1) is 0 Å². The Morgan fingerprint density at radius 3 is 2.64 bits per heavy atom. The summed E-state index contributed by atoms with van der Waals surface area (Å²) in [4.78, 5) is 40.3. The lowest BCUT2D eigenvalue weighted by Gasteiger charge is -2.18. The third-order valence-electron chi connectivity index (χ3n) is 5.43. The predicted molar refractivity (Wildman–Crippen MR) is 139 cm³/mol. The second-order valence-corrected chi connectivity index (χ2v) is 9.06. The number of thiazole rings is 1. The highest BCUT2D eigenvalue weighted by Crippen LogP contribution is 2.30. The Morgan fingerprint density at radius 1 is 1.14 bits per heavy atom. The van der Waals surface area contributed by atoms with Gasteiger partial charge in [0, 0.05) is 18.9 Å². The van der Waals surface area contributed by atoms with Gasteiger partial charge in [0.15, 0.2) is 11.2 Å².